The predicted molar refractivity (Wildman–Crippen MR) is 209 cm³/mol. The van der Waals surface area contributed by atoms with E-state index in [0.717, 1.165) is 11.3 Å². The van der Waals surface area contributed by atoms with Gasteiger partial charge in [0.1, 0.15) is 29.5 Å². The standard InChI is InChI=1S/C38H42ClN7O7S2/c1-6-22-17-38(22,35(49)45-55(50,51)25-8-9-25)44-32(47)29-16-24(53-33-27-15-23(39)7-10-26(27)30(52-5)18-41-33)19-46(29)34(48)31(37(2,3)4)43-36-42-28(20-54-36)21-11-13-40-14-12-21/h6-7,10-15,18,20,22,24-25,29,31H,1,8-9,16-17,19H2,2-5H3,(H,42,43)(H,44,47)(H,45,49)/t22-,24-,29+,31-,38-/m1/s1. The molecular weight excluding hydrogens is 766 g/mol. The molecule has 55 heavy (non-hydrogen) atoms. The molecule has 3 aliphatic rings. The number of fused-ring (bicyclic) bond motifs is 1. The van der Waals surface area contributed by atoms with Crippen LogP contribution in [0.25, 0.3) is 22.0 Å². The van der Waals surface area contributed by atoms with Crippen molar-refractivity contribution in [2.75, 3.05) is 19.0 Å². The van der Waals surface area contributed by atoms with Crippen LogP contribution in [0.5, 0.6) is 11.6 Å². The molecule has 3 fully saturated rings. The predicted octanol–water partition coefficient (Wildman–Crippen LogP) is 4.96. The Morgan fingerprint density at radius 3 is 2.55 bits per heavy atom. The van der Waals surface area contributed by atoms with Gasteiger partial charge in [-0.3, -0.25) is 24.1 Å². The van der Waals surface area contributed by atoms with E-state index in [-0.39, 0.29) is 31.2 Å². The summed E-state index contributed by atoms with van der Waals surface area (Å²) >= 11 is 7.72. The molecule has 0 spiro atoms. The average Bonchev–Trinajstić information content (AvgIpc) is 4.04. The molecule has 3 aromatic heterocycles. The van der Waals surface area contributed by atoms with Gasteiger partial charge in [0.25, 0.3) is 5.91 Å². The summed E-state index contributed by atoms with van der Waals surface area (Å²) in [6, 6.07) is 6.97. The Morgan fingerprint density at radius 1 is 1.15 bits per heavy atom. The first-order valence-electron chi connectivity index (χ1n) is 17.9. The summed E-state index contributed by atoms with van der Waals surface area (Å²) in [5.41, 5.74) is -0.608. The Kier molecular flexibility index (Phi) is 10.3. The minimum absolute atomic E-state index is 0.00122. The van der Waals surface area contributed by atoms with Crippen LogP contribution in [0.4, 0.5) is 5.13 Å². The Bertz CT molecular complexity index is 2260. The summed E-state index contributed by atoms with van der Waals surface area (Å²) in [6.07, 6.45) is 6.83. The Morgan fingerprint density at radius 2 is 1.89 bits per heavy atom. The van der Waals surface area contributed by atoms with Crippen molar-refractivity contribution in [2.24, 2.45) is 11.3 Å². The summed E-state index contributed by atoms with van der Waals surface area (Å²) in [7, 11) is -2.36. The zero-order chi connectivity index (χ0) is 39.3. The van der Waals surface area contributed by atoms with Gasteiger partial charge in [-0.2, -0.15) is 0 Å². The minimum Gasteiger partial charge on any atom is -0.494 e. The number of rotatable bonds is 13. The highest BCUT2D eigenvalue weighted by atomic mass is 35.5. The van der Waals surface area contributed by atoms with Crippen molar-refractivity contribution in [3.05, 3.63) is 72.0 Å². The molecule has 1 saturated heterocycles. The number of nitrogens with zero attached hydrogens (tertiary/aromatic N) is 4. The summed E-state index contributed by atoms with van der Waals surface area (Å²) in [6.45, 7) is 9.53. The maximum absolute atomic E-state index is 14.8. The van der Waals surface area contributed by atoms with Crippen LogP contribution in [0.1, 0.15) is 46.5 Å². The van der Waals surface area contributed by atoms with E-state index >= 15 is 0 Å². The fraction of sp³-hybridized carbons (Fsp3) is 0.421. The van der Waals surface area contributed by atoms with Gasteiger partial charge in [-0.1, -0.05) is 38.4 Å². The topological polar surface area (TPSA) is 182 Å². The lowest BCUT2D eigenvalue weighted by Crippen LogP contribution is -2.58. The Balaban J connectivity index is 1.19. The first-order chi connectivity index (χ1) is 26.1. The van der Waals surface area contributed by atoms with Gasteiger partial charge in [-0.15, -0.1) is 17.9 Å². The third-order valence-corrected chi connectivity index (χ3v) is 13.1. The second-order valence-electron chi connectivity index (χ2n) is 15.2. The van der Waals surface area contributed by atoms with E-state index in [1.54, 1.807) is 30.6 Å². The van der Waals surface area contributed by atoms with Crippen molar-refractivity contribution in [3.8, 4) is 22.9 Å². The number of amides is 3. The smallest absolute Gasteiger partial charge is 0.259 e. The van der Waals surface area contributed by atoms with Crippen LogP contribution in [0, 0.1) is 11.3 Å². The van der Waals surface area contributed by atoms with Crippen molar-refractivity contribution in [3.63, 3.8) is 0 Å². The number of hydrogen-bond donors (Lipinski definition) is 3. The van der Waals surface area contributed by atoms with Gasteiger partial charge in [-0.05, 0) is 55.0 Å². The first kappa shape index (κ1) is 38.5. The molecule has 1 aromatic carbocycles. The van der Waals surface area contributed by atoms with Gasteiger partial charge >= 0.3 is 0 Å². The fourth-order valence-electron chi connectivity index (χ4n) is 6.91. The van der Waals surface area contributed by atoms with Crippen molar-refractivity contribution >= 4 is 66.6 Å². The average molecular weight is 808 g/mol. The highest BCUT2D eigenvalue weighted by molar-refractivity contribution is 7.91. The number of nitrogens with one attached hydrogen (secondary N) is 3. The van der Waals surface area contributed by atoms with E-state index in [9.17, 15) is 22.8 Å². The molecule has 0 bridgehead atoms. The van der Waals surface area contributed by atoms with Crippen molar-refractivity contribution < 1.29 is 32.3 Å². The third kappa shape index (κ3) is 7.85. The molecule has 2 aliphatic carbocycles. The van der Waals surface area contributed by atoms with Gasteiger partial charge in [0.05, 0.1) is 30.8 Å². The molecule has 0 unspecified atom stereocenters. The summed E-state index contributed by atoms with van der Waals surface area (Å²) < 4.78 is 39.7. The number of methoxy groups -OCH3 is 1. The number of pyridine rings is 2. The quantitative estimate of drug-likeness (QED) is 0.155. The lowest BCUT2D eigenvalue weighted by atomic mass is 9.85. The molecule has 1 aliphatic heterocycles. The summed E-state index contributed by atoms with van der Waals surface area (Å²) in [4.78, 5) is 57.5. The molecule has 3 amide bonds. The molecule has 17 heteroatoms. The highest BCUT2D eigenvalue weighted by Gasteiger charge is 2.62. The number of halogens is 1. The van der Waals surface area contributed by atoms with Gasteiger partial charge < -0.3 is 25.0 Å². The summed E-state index contributed by atoms with van der Waals surface area (Å²) in [5.74, 6) is -1.59. The number of anilines is 1. The molecule has 4 aromatic rings. The van der Waals surface area contributed by atoms with Crippen LogP contribution < -0.4 is 24.8 Å². The molecular formula is C38H42ClN7O7S2. The second kappa shape index (κ2) is 14.7. The van der Waals surface area contributed by atoms with Crippen LogP contribution in [0.15, 0.2) is 67.0 Å². The number of benzene rings is 1. The van der Waals surface area contributed by atoms with Gasteiger partial charge in [0.2, 0.25) is 27.7 Å². The molecule has 5 atom stereocenters. The molecule has 290 valence electrons. The van der Waals surface area contributed by atoms with E-state index in [1.165, 1.54) is 35.6 Å². The largest absolute Gasteiger partial charge is 0.494 e. The number of hydrogen-bond acceptors (Lipinski definition) is 12. The van der Waals surface area contributed by atoms with Crippen LogP contribution in [0.3, 0.4) is 0 Å². The lowest BCUT2D eigenvalue weighted by molar-refractivity contribution is -0.141. The molecule has 2 saturated carbocycles. The highest BCUT2D eigenvalue weighted by Crippen LogP contribution is 2.46. The van der Waals surface area contributed by atoms with E-state index in [0.29, 0.717) is 39.5 Å². The number of carbonyl (C=O) groups is 3. The van der Waals surface area contributed by atoms with E-state index in [2.05, 4.69) is 31.9 Å². The summed E-state index contributed by atoms with van der Waals surface area (Å²) in [5, 5.41) is 9.68. The molecule has 3 N–H and O–H groups in total. The maximum atomic E-state index is 14.8. The number of sulfonamides is 1. The number of aromatic nitrogens is 3. The lowest BCUT2D eigenvalue weighted by Gasteiger charge is -2.35. The van der Waals surface area contributed by atoms with Gasteiger partial charge in [-0.25, -0.2) is 18.4 Å². The second-order valence-corrected chi connectivity index (χ2v) is 18.5. The maximum Gasteiger partial charge on any atom is 0.259 e. The monoisotopic (exact) mass is 807 g/mol. The number of likely N-dealkylation sites (tertiary alicyclic amines) is 1. The Hall–Kier alpha value is -4.80. The van der Waals surface area contributed by atoms with Gasteiger partial charge in [0, 0.05) is 51.5 Å². The van der Waals surface area contributed by atoms with Crippen LogP contribution in [0.2, 0.25) is 5.02 Å². The van der Waals surface area contributed by atoms with E-state index in [4.69, 9.17) is 26.1 Å². The number of carbonyl (C=O) groups excluding carboxylic acids is 3. The van der Waals surface area contributed by atoms with E-state index in [1.807, 2.05) is 38.3 Å². The molecule has 14 nitrogen and oxygen atoms in total. The van der Waals surface area contributed by atoms with Crippen LogP contribution in [-0.2, 0) is 24.4 Å². The van der Waals surface area contributed by atoms with Gasteiger partial charge in [0.15, 0.2) is 5.13 Å². The Labute approximate surface area is 328 Å². The minimum atomic E-state index is -3.89. The number of ether oxygens (including phenoxy) is 2. The SMILES string of the molecule is C=C[C@@H]1C[C@]1(NC(=O)[C@@H]1C[C@@H](Oc2ncc(OC)c3ccc(Cl)cc23)CN1C(=O)[C@@H](Nc1nc(-c2ccncc2)cs1)C(C)(C)C)C(=O)NS(=O)(=O)C1CC1. The number of thiazole rings is 1. The fourth-order valence-corrected chi connectivity index (χ4v) is 9.19. The third-order valence-electron chi connectivity index (χ3n) is 10.2. The van der Waals surface area contributed by atoms with Crippen molar-refractivity contribution in [1.82, 2.24) is 29.9 Å². The molecule has 7 rings (SSSR count). The van der Waals surface area contributed by atoms with Crippen molar-refractivity contribution in [1.29, 1.82) is 0 Å². The molecule has 4 heterocycles. The van der Waals surface area contributed by atoms with Crippen molar-refractivity contribution in [2.45, 2.75) is 75.4 Å². The van der Waals surface area contributed by atoms with Crippen LogP contribution in [-0.4, -0.2) is 88.6 Å². The first-order valence-corrected chi connectivity index (χ1v) is 20.7. The zero-order valence-corrected chi connectivity index (χ0v) is 33.1. The normalized spacial score (nSPS) is 22.8. The van der Waals surface area contributed by atoms with E-state index < -0.39 is 62.1 Å². The van der Waals surface area contributed by atoms with Crippen LogP contribution >= 0.6 is 22.9 Å². The molecule has 0 radical (unpaired) electrons. The zero-order valence-electron chi connectivity index (χ0n) is 30.7.